The van der Waals surface area contributed by atoms with Crippen molar-refractivity contribution in [2.45, 2.75) is 32.6 Å². The van der Waals surface area contributed by atoms with E-state index >= 15 is 0 Å². The molecule has 2 aromatic rings. The molecule has 1 unspecified atom stereocenters. The van der Waals surface area contributed by atoms with Crippen molar-refractivity contribution in [3.63, 3.8) is 0 Å². The second-order valence-electron chi connectivity index (χ2n) is 5.09. The fourth-order valence-electron chi connectivity index (χ4n) is 3.04. The quantitative estimate of drug-likeness (QED) is 0.812. The van der Waals surface area contributed by atoms with Crippen LogP contribution in [0.1, 0.15) is 36.1 Å². The molecular weight excluding hydrogens is 208 g/mol. The Kier molecular flexibility index (Phi) is 2.67. The van der Waals surface area contributed by atoms with Crippen molar-refractivity contribution in [1.29, 1.82) is 0 Å². The molecule has 0 radical (unpaired) electrons. The summed E-state index contributed by atoms with van der Waals surface area (Å²) in [6, 6.07) is 6.83. The van der Waals surface area contributed by atoms with E-state index in [0.29, 0.717) is 5.92 Å². The lowest BCUT2D eigenvalue weighted by atomic mass is 9.94. The number of hydrogen-bond acceptors (Lipinski definition) is 1. The molecule has 0 saturated carbocycles. The van der Waals surface area contributed by atoms with E-state index in [1.165, 1.54) is 28.6 Å². The summed E-state index contributed by atoms with van der Waals surface area (Å²) in [4.78, 5) is 3.53. The minimum atomic E-state index is 0.691. The lowest BCUT2D eigenvalue weighted by Crippen LogP contribution is -2.08. The van der Waals surface area contributed by atoms with Crippen LogP contribution in [0.5, 0.6) is 0 Å². The monoisotopic (exact) mass is 228 g/mol. The number of aromatic nitrogens is 1. The van der Waals surface area contributed by atoms with Crippen LogP contribution in [0.2, 0.25) is 0 Å². The summed E-state index contributed by atoms with van der Waals surface area (Å²) in [6.45, 7) is 6.71. The van der Waals surface area contributed by atoms with Crippen molar-refractivity contribution in [3.05, 3.63) is 35.0 Å². The number of hydrogen-bond donors (Lipinski definition) is 2. The first-order chi connectivity index (χ1) is 8.29. The molecule has 2 heteroatoms. The minimum absolute atomic E-state index is 0.691. The first-order valence-electron chi connectivity index (χ1n) is 6.61. The molecule has 1 fully saturated rings. The summed E-state index contributed by atoms with van der Waals surface area (Å²) in [7, 11) is 0. The molecule has 1 atom stereocenters. The van der Waals surface area contributed by atoms with Gasteiger partial charge in [0.25, 0.3) is 0 Å². The third kappa shape index (κ3) is 1.77. The predicted molar refractivity (Wildman–Crippen MR) is 72.6 cm³/mol. The van der Waals surface area contributed by atoms with Gasteiger partial charge in [-0.05, 0) is 55.5 Å². The standard InChI is InChI=1S/C15H20N2/c1-3-11-4-5-14-13(8-11)15(10(2)17-14)12-6-7-16-9-12/h4-5,8,12,16-17H,3,6-7,9H2,1-2H3. The highest BCUT2D eigenvalue weighted by Gasteiger charge is 2.22. The Morgan fingerprint density at radius 2 is 2.24 bits per heavy atom. The Hall–Kier alpha value is -1.28. The summed E-state index contributed by atoms with van der Waals surface area (Å²) in [5, 5.41) is 4.91. The van der Waals surface area contributed by atoms with Crippen molar-refractivity contribution >= 4 is 10.9 Å². The molecule has 2 heterocycles. The number of aromatic amines is 1. The first kappa shape index (κ1) is 10.8. The number of rotatable bonds is 2. The minimum Gasteiger partial charge on any atom is -0.358 e. The van der Waals surface area contributed by atoms with E-state index in [1.54, 1.807) is 5.56 Å². The van der Waals surface area contributed by atoms with Crippen LogP contribution in [0.15, 0.2) is 18.2 Å². The van der Waals surface area contributed by atoms with E-state index < -0.39 is 0 Å². The van der Waals surface area contributed by atoms with Gasteiger partial charge in [-0.1, -0.05) is 13.0 Å². The van der Waals surface area contributed by atoms with Crippen LogP contribution in [0.4, 0.5) is 0 Å². The third-order valence-corrected chi connectivity index (χ3v) is 3.98. The third-order valence-electron chi connectivity index (χ3n) is 3.98. The Morgan fingerprint density at radius 3 is 2.94 bits per heavy atom. The predicted octanol–water partition coefficient (Wildman–Crippen LogP) is 3.12. The van der Waals surface area contributed by atoms with Gasteiger partial charge in [0, 0.05) is 23.1 Å². The molecule has 2 nitrogen and oxygen atoms in total. The summed E-state index contributed by atoms with van der Waals surface area (Å²) in [5.41, 5.74) is 5.62. The number of aryl methyl sites for hydroxylation is 2. The second-order valence-corrected chi connectivity index (χ2v) is 5.09. The highest BCUT2D eigenvalue weighted by atomic mass is 14.9. The van der Waals surface area contributed by atoms with E-state index in [2.05, 4.69) is 42.3 Å². The summed E-state index contributed by atoms with van der Waals surface area (Å²) in [6.07, 6.45) is 2.38. The lowest BCUT2D eigenvalue weighted by Gasteiger charge is -2.09. The van der Waals surface area contributed by atoms with Gasteiger partial charge in [-0.3, -0.25) is 0 Å². The van der Waals surface area contributed by atoms with Crippen LogP contribution in [-0.2, 0) is 6.42 Å². The maximum absolute atomic E-state index is 3.53. The Balaban J connectivity index is 2.17. The van der Waals surface area contributed by atoms with Crippen molar-refractivity contribution < 1.29 is 0 Å². The summed E-state index contributed by atoms with van der Waals surface area (Å²) >= 11 is 0. The average molecular weight is 228 g/mol. The SMILES string of the molecule is CCc1ccc2[nH]c(C)c(C3CCNC3)c2c1. The van der Waals surface area contributed by atoms with Gasteiger partial charge in [-0.25, -0.2) is 0 Å². The maximum Gasteiger partial charge on any atom is 0.0459 e. The van der Waals surface area contributed by atoms with Gasteiger partial charge < -0.3 is 10.3 Å². The van der Waals surface area contributed by atoms with Crippen LogP contribution >= 0.6 is 0 Å². The number of fused-ring (bicyclic) bond motifs is 1. The largest absolute Gasteiger partial charge is 0.358 e. The Morgan fingerprint density at radius 1 is 1.35 bits per heavy atom. The number of H-pyrrole nitrogens is 1. The lowest BCUT2D eigenvalue weighted by molar-refractivity contribution is 0.763. The van der Waals surface area contributed by atoms with Gasteiger partial charge in [0.2, 0.25) is 0 Å². The van der Waals surface area contributed by atoms with Gasteiger partial charge >= 0.3 is 0 Å². The normalized spacial score (nSPS) is 20.2. The molecule has 0 spiro atoms. The molecule has 17 heavy (non-hydrogen) atoms. The van der Waals surface area contributed by atoms with Crippen LogP contribution < -0.4 is 5.32 Å². The first-order valence-corrected chi connectivity index (χ1v) is 6.61. The zero-order chi connectivity index (χ0) is 11.8. The van der Waals surface area contributed by atoms with Crippen LogP contribution in [0.25, 0.3) is 10.9 Å². The zero-order valence-electron chi connectivity index (χ0n) is 10.6. The molecule has 3 rings (SSSR count). The summed E-state index contributed by atoms with van der Waals surface area (Å²) in [5.74, 6) is 0.691. The maximum atomic E-state index is 3.53. The summed E-state index contributed by atoms with van der Waals surface area (Å²) < 4.78 is 0. The van der Waals surface area contributed by atoms with Crippen molar-refractivity contribution in [1.82, 2.24) is 10.3 Å². The molecule has 2 N–H and O–H groups in total. The van der Waals surface area contributed by atoms with Gasteiger partial charge in [-0.15, -0.1) is 0 Å². The fraction of sp³-hybridized carbons (Fsp3) is 0.467. The van der Waals surface area contributed by atoms with Crippen molar-refractivity contribution in [2.75, 3.05) is 13.1 Å². The highest BCUT2D eigenvalue weighted by Crippen LogP contribution is 2.33. The van der Waals surface area contributed by atoms with Crippen LogP contribution in [0, 0.1) is 6.92 Å². The van der Waals surface area contributed by atoms with Gasteiger partial charge in [0.1, 0.15) is 0 Å². The molecule has 0 amide bonds. The molecule has 90 valence electrons. The Bertz CT molecular complexity index is 533. The molecule has 1 aliphatic rings. The fourth-order valence-corrected chi connectivity index (χ4v) is 3.04. The highest BCUT2D eigenvalue weighted by molar-refractivity contribution is 5.86. The van der Waals surface area contributed by atoms with E-state index in [9.17, 15) is 0 Å². The smallest absolute Gasteiger partial charge is 0.0459 e. The van der Waals surface area contributed by atoms with Gasteiger partial charge in [-0.2, -0.15) is 0 Å². The van der Waals surface area contributed by atoms with Gasteiger partial charge in [0.15, 0.2) is 0 Å². The van der Waals surface area contributed by atoms with E-state index in [4.69, 9.17) is 0 Å². The van der Waals surface area contributed by atoms with E-state index in [0.717, 1.165) is 19.5 Å². The van der Waals surface area contributed by atoms with Crippen molar-refractivity contribution in [3.8, 4) is 0 Å². The van der Waals surface area contributed by atoms with Gasteiger partial charge in [0.05, 0.1) is 0 Å². The van der Waals surface area contributed by atoms with E-state index in [1.807, 2.05) is 0 Å². The number of nitrogens with one attached hydrogen (secondary N) is 2. The molecular formula is C15H20N2. The molecule has 1 aliphatic heterocycles. The molecule has 1 saturated heterocycles. The topological polar surface area (TPSA) is 27.8 Å². The number of benzene rings is 1. The second kappa shape index (κ2) is 4.19. The van der Waals surface area contributed by atoms with Crippen LogP contribution in [-0.4, -0.2) is 18.1 Å². The molecule has 0 aliphatic carbocycles. The van der Waals surface area contributed by atoms with Crippen LogP contribution in [0.3, 0.4) is 0 Å². The Labute approximate surface area is 102 Å². The van der Waals surface area contributed by atoms with Crippen molar-refractivity contribution in [2.24, 2.45) is 0 Å². The zero-order valence-corrected chi connectivity index (χ0v) is 10.6. The molecule has 1 aromatic carbocycles. The average Bonchev–Trinajstić information content (AvgIpc) is 2.93. The molecule has 0 bridgehead atoms. The molecule has 1 aromatic heterocycles. The van der Waals surface area contributed by atoms with E-state index in [-0.39, 0.29) is 0 Å².